The number of benzene rings is 2. The molecular weight excluding hydrogens is 345 g/mol. The van der Waals surface area contributed by atoms with E-state index in [0.717, 1.165) is 5.56 Å². The lowest BCUT2D eigenvalue weighted by atomic mass is 9.95. The molecule has 26 heavy (non-hydrogen) atoms. The van der Waals surface area contributed by atoms with Crippen LogP contribution < -0.4 is 11.1 Å². The first-order valence-electron chi connectivity index (χ1n) is 8.29. The third-order valence-electron chi connectivity index (χ3n) is 4.71. The molecule has 1 saturated heterocycles. The second-order valence-electron chi connectivity index (χ2n) is 6.29. The predicted octanol–water partition coefficient (Wildman–Crippen LogP) is 3.45. The lowest BCUT2D eigenvalue weighted by molar-refractivity contribution is -0.348. The molecule has 7 heteroatoms. The van der Waals surface area contributed by atoms with E-state index in [9.17, 15) is 13.2 Å². The van der Waals surface area contributed by atoms with Crippen molar-refractivity contribution in [1.29, 1.82) is 0 Å². The summed E-state index contributed by atoms with van der Waals surface area (Å²) < 4.78 is 49.2. The fraction of sp³-hybridized carbons (Fsp3) is 0.368. The van der Waals surface area contributed by atoms with Gasteiger partial charge in [0.25, 0.3) is 0 Å². The molecule has 3 N–H and O–H groups in total. The average molecular weight is 366 g/mol. The molecule has 0 saturated carbocycles. The molecular formula is C19H21F3N2O2. The summed E-state index contributed by atoms with van der Waals surface area (Å²) in [5.74, 6) is 0. The van der Waals surface area contributed by atoms with E-state index in [4.69, 9.17) is 10.5 Å². The van der Waals surface area contributed by atoms with Crippen molar-refractivity contribution in [1.82, 2.24) is 5.32 Å². The van der Waals surface area contributed by atoms with Crippen LogP contribution in [-0.4, -0.2) is 25.6 Å². The second-order valence-corrected chi connectivity index (χ2v) is 6.29. The number of ether oxygens (including phenoxy) is 2. The van der Waals surface area contributed by atoms with Crippen LogP contribution in [0.15, 0.2) is 60.7 Å². The van der Waals surface area contributed by atoms with Crippen molar-refractivity contribution in [2.45, 2.75) is 36.7 Å². The Bertz CT molecular complexity index is 712. The molecule has 3 rings (SSSR count). The number of halogens is 3. The Labute approximate surface area is 150 Å². The number of rotatable bonds is 5. The zero-order valence-electron chi connectivity index (χ0n) is 14.2. The Morgan fingerprint density at radius 3 is 2.19 bits per heavy atom. The van der Waals surface area contributed by atoms with Gasteiger partial charge in [-0.1, -0.05) is 60.7 Å². The predicted molar refractivity (Wildman–Crippen MR) is 91.0 cm³/mol. The normalized spacial score (nSPS) is 27.4. The highest BCUT2D eigenvalue weighted by atomic mass is 19.4. The summed E-state index contributed by atoms with van der Waals surface area (Å²) in [7, 11) is 1.49. The van der Waals surface area contributed by atoms with Gasteiger partial charge in [0.2, 0.25) is 0 Å². The number of hydrogen-bond donors (Lipinski definition) is 2. The topological polar surface area (TPSA) is 56.5 Å². The van der Waals surface area contributed by atoms with E-state index in [-0.39, 0.29) is 6.42 Å². The maximum Gasteiger partial charge on any atom is 0.523 e. The lowest BCUT2D eigenvalue weighted by Gasteiger charge is -2.34. The molecule has 2 aromatic carbocycles. The van der Waals surface area contributed by atoms with Gasteiger partial charge in [-0.25, -0.2) is 0 Å². The van der Waals surface area contributed by atoms with Gasteiger partial charge < -0.3 is 10.5 Å². The molecule has 0 aliphatic carbocycles. The zero-order valence-corrected chi connectivity index (χ0v) is 14.2. The number of hydrogen-bond acceptors (Lipinski definition) is 4. The van der Waals surface area contributed by atoms with Gasteiger partial charge in [-0.3, -0.25) is 10.1 Å². The van der Waals surface area contributed by atoms with E-state index >= 15 is 0 Å². The fourth-order valence-electron chi connectivity index (χ4n) is 3.56. The molecule has 1 aliphatic rings. The van der Waals surface area contributed by atoms with Crippen LogP contribution in [0.1, 0.15) is 23.7 Å². The summed E-state index contributed by atoms with van der Waals surface area (Å²) in [6, 6.07) is 16.3. The van der Waals surface area contributed by atoms with E-state index in [1.165, 1.54) is 7.11 Å². The summed E-state index contributed by atoms with van der Waals surface area (Å²) in [5.41, 5.74) is 6.41. The maximum absolute atomic E-state index is 13.0. The molecule has 1 heterocycles. The summed E-state index contributed by atoms with van der Waals surface area (Å²) in [6.45, 7) is 0. The van der Waals surface area contributed by atoms with E-state index in [2.05, 4.69) is 10.1 Å². The van der Waals surface area contributed by atoms with Crippen LogP contribution in [0.3, 0.4) is 0 Å². The third kappa shape index (κ3) is 3.76. The smallest absolute Gasteiger partial charge is 0.358 e. The third-order valence-corrected chi connectivity index (χ3v) is 4.71. The summed E-state index contributed by atoms with van der Waals surface area (Å²) in [4.78, 5) is 0. The maximum atomic E-state index is 13.0. The molecule has 0 amide bonds. The standard InChI is InChI=1S/C19H21F3N2O2/c1-25-18(14-10-6-3-7-11-14)16(23)12-15(24-18)17(26-19(20,21)22)13-8-4-2-5-9-13/h2-11,15-17,24H,12,23H2,1H3/t15-,16-,17?,18?/m0/s1. The molecule has 2 aromatic rings. The molecule has 0 aromatic heterocycles. The molecule has 0 bridgehead atoms. The molecule has 4 atom stereocenters. The van der Waals surface area contributed by atoms with Crippen molar-refractivity contribution in [3.05, 3.63) is 71.8 Å². The van der Waals surface area contributed by atoms with Crippen molar-refractivity contribution >= 4 is 0 Å². The lowest BCUT2D eigenvalue weighted by Crippen LogP contribution is -2.52. The number of nitrogens with one attached hydrogen (secondary N) is 1. The first-order chi connectivity index (χ1) is 12.4. The van der Waals surface area contributed by atoms with Gasteiger partial charge in [-0.2, -0.15) is 0 Å². The van der Waals surface area contributed by atoms with Crippen LogP contribution in [0, 0.1) is 0 Å². The molecule has 1 aliphatic heterocycles. The van der Waals surface area contributed by atoms with Crippen molar-refractivity contribution in [2.24, 2.45) is 5.73 Å². The monoisotopic (exact) mass is 366 g/mol. The second kappa shape index (κ2) is 7.36. The zero-order chi connectivity index (χ0) is 18.8. The molecule has 2 unspecified atom stereocenters. The summed E-state index contributed by atoms with van der Waals surface area (Å²) in [5, 5.41) is 3.17. The molecule has 1 fully saturated rings. The van der Waals surface area contributed by atoms with Gasteiger partial charge in [0.1, 0.15) is 6.10 Å². The number of methoxy groups -OCH3 is 1. The van der Waals surface area contributed by atoms with Gasteiger partial charge in [0.05, 0.1) is 6.04 Å². The molecule has 0 spiro atoms. The largest absolute Gasteiger partial charge is 0.523 e. The van der Waals surface area contributed by atoms with E-state index < -0.39 is 30.3 Å². The van der Waals surface area contributed by atoms with Gasteiger partial charge in [0, 0.05) is 18.7 Å². The first kappa shape index (κ1) is 18.8. The minimum absolute atomic E-state index is 0.262. The van der Waals surface area contributed by atoms with Crippen LogP contribution >= 0.6 is 0 Å². The Morgan fingerprint density at radius 2 is 1.65 bits per heavy atom. The van der Waals surface area contributed by atoms with Crippen molar-refractivity contribution < 1.29 is 22.6 Å². The summed E-state index contributed by atoms with van der Waals surface area (Å²) >= 11 is 0. The van der Waals surface area contributed by atoms with Crippen molar-refractivity contribution in [3.63, 3.8) is 0 Å². The van der Waals surface area contributed by atoms with E-state index in [1.807, 2.05) is 30.3 Å². The van der Waals surface area contributed by atoms with Crippen LogP contribution in [0.2, 0.25) is 0 Å². The number of nitrogens with two attached hydrogens (primary N) is 1. The van der Waals surface area contributed by atoms with Crippen LogP contribution in [0.4, 0.5) is 13.2 Å². The highest BCUT2D eigenvalue weighted by molar-refractivity contribution is 5.28. The van der Waals surface area contributed by atoms with Gasteiger partial charge in [0.15, 0.2) is 5.72 Å². The fourth-order valence-corrected chi connectivity index (χ4v) is 3.56. The Kier molecular flexibility index (Phi) is 5.34. The minimum Gasteiger partial charge on any atom is -0.358 e. The SMILES string of the molecule is COC1(c2ccccc2)N[C@H](C(OC(F)(F)F)c2ccccc2)C[C@@H]1N. The molecule has 0 radical (unpaired) electrons. The Morgan fingerprint density at radius 1 is 1.08 bits per heavy atom. The van der Waals surface area contributed by atoms with E-state index in [0.29, 0.717) is 5.56 Å². The quantitative estimate of drug-likeness (QED) is 0.851. The Hall–Kier alpha value is -1.93. The van der Waals surface area contributed by atoms with Gasteiger partial charge in [-0.05, 0) is 12.0 Å². The highest BCUT2D eigenvalue weighted by Gasteiger charge is 2.51. The molecule has 4 nitrogen and oxygen atoms in total. The molecule has 140 valence electrons. The van der Waals surface area contributed by atoms with Gasteiger partial charge in [-0.15, -0.1) is 13.2 Å². The summed E-state index contributed by atoms with van der Waals surface area (Å²) in [6.07, 6.45) is -5.74. The van der Waals surface area contributed by atoms with Crippen molar-refractivity contribution in [2.75, 3.05) is 7.11 Å². The van der Waals surface area contributed by atoms with Crippen LogP contribution in [-0.2, 0) is 15.2 Å². The first-order valence-corrected chi connectivity index (χ1v) is 8.29. The average Bonchev–Trinajstić information content (AvgIpc) is 2.98. The van der Waals surface area contributed by atoms with Crippen LogP contribution in [0.5, 0.6) is 0 Å². The number of alkyl halides is 3. The van der Waals surface area contributed by atoms with E-state index in [1.54, 1.807) is 30.3 Å². The van der Waals surface area contributed by atoms with Crippen LogP contribution in [0.25, 0.3) is 0 Å². The van der Waals surface area contributed by atoms with Crippen molar-refractivity contribution in [3.8, 4) is 0 Å². The van der Waals surface area contributed by atoms with Gasteiger partial charge >= 0.3 is 6.36 Å². The Balaban J connectivity index is 1.94. The highest BCUT2D eigenvalue weighted by Crippen LogP contribution is 2.40. The minimum atomic E-state index is -4.77.